The van der Waals surface area contributed by atoms with E-state index in [4.69, 9.17) is 13.7 Å². The minimum atomic E-state index is -0.0588. The first-order chi connectivity index (χ1) is 13.7. The van der Waals surface area contributed by atoms with Crippen LogP contribution in [-0.4, -0.2) is 65.7 Å². The second-order valence-corrected chi connectivity index (χ2v) is 7.63. The van der Waals surface area contributed by atoms with E-state index < -0.39 is 0 Å². The Morgan fingerprint density at radius 2 is 2.11 bits per heavy atom. The third kappa shape index (κ3) is 4.44. The molecule has 0 bridgehead atoms. The molecule has 4 heterocycles. The molecule has 4 rings (SSSR count). The van der Waals surface area contributed by atoms with Crippen LogP contribution in [-0.2, 0) is 17.7 Å². The van der Waals surface area contributed by atoms with E-state index in [1.165, 1.54) is 12.8 Å². The van der Waals surface area contributed by atoms with Crippen LogP contribution in [0.5, 0.6) is 0 Å². The number of furan rings is 1. The summed E-state index contributed by atoms with van der Waals surface area (Å²) in [5.41, 5.74) is 0. The number of nitrogens with zero attached hydrogens (tertiary/aromatic N) is 4. The molecule has 0 aromatic carbocycles. The van der Waals surface area contributed by atoms with Gasteiger partial charge in [0.15, 0.2) is 11.6 Å². The van der Waals surface area contributed by atoms with Gasteiger partial charge in [0, 0.05) is 26.6 Å². The quantitative estimate of drug-likeness (QED) is 0.720. The van der Waals surface area contributed by atoms with Gasteiger partial charge in [0.05, 0.1) is 19.1 Å². The maximum absolute atomic E-state index is 12.9. The van der Waals surface area contributed by atoms with Crippen LogP contribution in [0.15, 0.2) is 21.1 Å². The molecule has 8 nitrogen and oxygen atoms in total. The van der Waals surface area contributed by atoms with Gasteiger partial charge in [0.25, 0.3) is 5.91 Å². The van der Waals surface area contributed by atoms with Crippen LogP contribution in [0.3, 0.4) is 0 Å². The highest BCUT2D eigenvalue weighted by Crippen LogP contribution is 2.27. The second kappa shape index (κ2) is 8.87. The number of aromatic nitrogens is 2. The van der Waals surface area contributed by atoms with Crippen molar-refractivity contribution in [2.45, 2.75) is 44.6 Å². The van der Waals surface area contributed by atoms with Crippen molar-refractivity contribution in [1.82, 2.24) is 19.9 Å². The van der Waals surface area contributed by atoms with Gasteiger partial charge in [-0.25, -0.2) is 0 Å². The Labute approximate surface area is 164 Å². The molecule has 2 saturated heterocycles. The number of ether oxygens (including phenoxy) is 1. The zero-order valence-electron chi connectivity index (χ0n) is 16.4. The highest BCUT2D eigenvalue weighted by atomic mass is 16.5. The molecule has 2 aliphatic heterocycles. The minimum Gasteiger partial charge on any atom is -0.455 e. The lowest BCUT2D eigenvalue weighted by molar-refractivity contribution is 0.0660. The van der Waals surface area contributed by atoms with Gasteiger partial charge in [-0.05, 0) is 50.9 Å². The van der Waals surface area contributed by atoms with Gasteiger partial charge in [-0.3, -0.25) is 9.69 Å². The topological polar surface area (TPSA) is 84.8 Å². The smallest absolute Gasteiger partial charge is 0.289 e. The van der Waals surface area contributed by atoms with E-state index >= 15 is 0 Å². The maximum Gasteiger partial charge on any atom is 0.289 e. The van der Waals surface area contributed by atoms with Gasteiger partial charge >= 0.3 is 0 Å². The monoisotopic (exact) mass is 388 g/mol. The number of methoxy groups -OCH3 is 1. The van der Waals surface area contributed by atoms with Crippen molar-refractivity contribution in [2.24, 2.45) is 0 Å². The fourth-order valence-electron chi connectivity index (χ4n) is 3.99. The van der Waals surface area contributed by atoms with Crippen molar-refractivity contribution in [3.05, 3.63) is 35.4 Å². The molecule has 2 aromatic rings. The molecule has 0 radical (unpaired) electrons. The zero-order valence-corrected chi connectivity index (χ0v) is 16.4. The number of rotatable bonds is 7. The van der Waals surface area contributed by atoms with Crippen LogP contribution in [0, 0.1) is 0 Å². The van der Waals surface area contributed by atoms with Crippen LogP contribution < -0.4 is 0 Å². The van der Waals surface area contributed by atoms with E-state index in [0.29, 0.717) is 37.0 Å². The van der Waals surface area contributed by atoms with Crippen molar-refractivity contribution in [3.63, 3.8) is 0 Å². The summed E-state index contributed by atoms with van der Waals surface area (Å²) in [5, 5.41) is 4.02. The summed E-state index contributed by atoms with van der Waals surface area (Å²) in [5.74, 6) is 2.55. The van der Waals surface area contributed by atoms with E-state index in [1.54, 1.807) is 13.2 Å². The minimum absolute atomic E-state index is 0.0588. The summed E-state index contributed by atoms with van der Waals surface area (Å²) in [7, 11) is 1.65. The lowest BCUT2D eigenvalue weighted by Crippen LogP contribution is -2.39. The molecule has 0 N–H and O–H groups in total. The van der Waals surface area contributed by atoms with Crippen LogP contribution in [0.1, 0.15) is 59.6 Å². The highest BCUT2D eigenvalue weighted by molar-refractivity contribution is 5.91. The Morgan fingerprint density at radius 3 is 2.93 bits per heavy atom. The molecule has 2 aliphatic rings. The van der Waals surface area contributed by atoms with Crippen molar-refractivity contribution >= 4 is 5.91 Å². The molecule has 1 atom stereocenters. The number of hydrogen-bond acceptors (Lipinski definition) is 7. The Bertz CT molecular complexity index is 781. The van der Waals surface area contributed by atoms with Crippen molar-refractivity contribution in [2.75, 3.05) is 39.9 Å². The zero-order chi connectivity index (χ0) is 19.3. The Morgan fingerprint density at radius 1 is 1.25 bits per heavy atom. The van der Waals surface area contributed by atoms with Crippen molar-refractivity contribution in [3.8, 4) is 0 Å². The number of carbonyl (C=O) groups excluding carboxylic acids is 1. The fourth-order valence-corrected chi connectivity index (χ4v) is 3.99. The summed E-state index contributed by atoms with van der Waals surface area (Å²) in [6.07, 6.45) is 4.96. The maximum atomic E-state index is 12.9. The molecule has 0 saturated carbocycles. The third-order valence-electron chi connectivity index (χ3n) is 5.52. The lowest BCUT2D eigenvalue weighted by atomic mass is 9.98. The summed E-state index contributed by atoms with van der Waals surface area (Å²) in [6.45, 7) is 4.85. The molecule has 1 amide bonds. The lowest BCUT2D eigenvalue weighted by Gasteiger charge is -2.30. The number of likely N-dealkylation sites (tertiary alicyclic amines) is 2. The standard InChI is InChI=1S/C20H28N4O4/c1-26-12-8-18-21-19(28-22-18)15-5-4-11-24(13-15)20(25)17-7-6-16(27-17)14-23-9-2-3-10-23/h6-7,15H,2-5,8-14H2,1H3. The number of piperidine rings is 1. The predicted molar refractivity (Wildman–Crippen MR) is 101 cm³/mol. The van der Waals surface area contributed by atoms with E-state index in [2.05, 4.69) is 15.0 Å². The van der Waals surface area contributed by atoms with Gasteiger partial charge < -0.3 is 18.6 Å². The van der Waals surface area contributed by atoms with Crippen LogP contribution in [0.25, 0.3) is 0 Å². The van der Waals surface area contributed by atoms with Crippen LogP contribution >= 0.6 is 0 Å². The normalized spacial score (nSPS) is 20.8. The van der Waals surface area contributed by atoms with Gasteiger partial charge in [-0.1, -0.05) is 5.16 Å². The Hall–Kier alpha value is -2.19. The van der Waals surface area contributed by atoms with E-state index in [9.17, 15) is 4.79 Å². The largest absolute Gasteiger partial charge is 0.455 e. The summed E-state index contributed by atoms with van der Waals surface area (Å²) in [6, 6.07) is 3.72. The summed E-state index contributed by atoms with van der Waals surface area (Å²) < 4.78 is 16.3. The molecule has 8 heteroatoms. The van der Waals surface area contributed by atoms with Gasteiger partial charge in [0.1, 0.15) is 5.76 Å². The molecule has 0 spiro atoms. The fraction of sp³-hybridized carbons (Fsp3) is 0.650. The van der Waals surface area contributed by atoms with Crippen molar-refractivity contribution in [1.29, 1.82) is 0 Å². The molecule has 2 aromatic heterocycles. The van der Waals surface area contributed by atoms with E-state index in [1.807, 2.05) is 11.0 Å². The van der Waals surface area contributed by atoms with Gasteiger partial charge in [0.2, 0.25) is 5.89 Å². The summed E-state index contributed by atoms with van der Waals surface area (Å²) in [4.78, 5) is 21.6. The highest BCUT2D eigenvalue weighted by Gasteiger charge is 2.30. The molecule has 0 aliphatic carbocycles. The van der Waals surface area contributed by atoms with Gasteiger partial charge in [-0.15, -0.1) is 0 Å². The molecule has 2 fully saturated rings. The first-order valence-corrected chi connectivity index (χ1v) is 10.1. The van der Waals surface area contributed by atoms with E-state index in [-0.39, 0.29) is 11.8 Å². The molecule has 1 unspecified atom stereocenters. The van der Waals surface area contributed by atoms with E-state index in [0.717, 1.165) is 44.8 Å². The van der Waals surface area contributed by atoms with Crippen molar-refractivity contribution < 1.29 is 18.5 Å². The number of carbonyl (C=O) groups is 1. The first kappa shape index (κ1) is 19.1. The number of amides is 1. The Balaban J connectivity index is 1.36. The molecular formula is C20H28N4O4. The summed E-state index contributed by atoms with van der Waals surface area (Å²) >= 11 is 0. The average Bonchev–Trinajstić information content (AvgIpc) is 3.48. The SMILES string of the molecule is COCCc1noc(C2CCCN(C(=O)c3ccc(CN4CCCC4)o3)C2)n1. The Kier molecular flexibility index (Phi) is 6.07. The molecular weight excluding hydrogens is 360 g/mol. The molecule has 28 heavy (non-hydrogen) atoms. The first-order valence-electron chi connectivity index (χ1n) is 10.1. The average molecular weight is 388 g/mol. The van der Waals surface area contributed by atoms with Gasteiger partial charge in [-0.2, -0.15) is 4.98 Å². The second-order valence-electron chi connectivity index (χ2n) is 7.63. The predicted octanol–water partition coefficient (Wildman–Crippen LogP) is 2.47. The third-order valence-corrected chi connectivity index (χ3v) is 5.52. The van der Waals surface area contributed by atoms with Crippen LogP contribution in [0.2, 0.25) is 0 Å². The number of hydrogen-bond donors (Lipinski definition) is 0. The van der Waals surface area contributed by atoms with Crippen LogP contribution in [0.4, 0.5) is 0 Å². The molecule has 152 valence electrons.